The monoisotopic (exact) mass is 486 g/mol. The van der Waals surface area contributed by atoms with Gasteiger partial charge in [-0.2, -0.15) is 5.26 Å². The molecule has 0 aliphatic heterocycles. The number of alkyl carbamates (subject to hydrolysis) is 1. The van der Waals surface area contributed by atoms with E-state index in [1.165, 1.54) is 4.90 Å². The predicted molar refractivity (Wildman–Crippen MR) is 136 cm³/mol. The van der Waals surface area contributed by atoms with Crippen LogP contribution in [0.3, 0.4) is 0 Å². The van der Waals surface area contributed by atoms with Gasteiger partial charge in [-0.25, -0.2) is 4.79 Å². The van der Waals surface area contributed by atoms with E-state index < -0.39 is 29.7 Å². The first-order valence-electron chi connectivity index (χ1n) is 12.3. The van der Waals surface area contributed by atoms with Crippen molar-refractivity contribution >= 4 is 17.9 Å². The van der Waals surface area contributed by atoms with Crippen LogP contribution in [0.15, 0.2) is 18.2 Å². The molecule has 8 heteroatoms. The normalized spacial score (nSPS) is 13.9. The highest BCUT2D eigenvalue weighted by Gasteiger charge is 2.38. The number of hydrogen-bond donors (Lipinski definition) is 2. The minimum absolute atomic E-state index is 0.0967. The molecule has 3 amide bonds. The number of amides is 3. The SMILES string of the molecule is CCCC(C)NC(=O)C(c1ccc(C)cc1C)N(CC#N)C(=O)C(NC(=O)OC(C)(C)C)C(C)C. The summed E-state index contributed by atoms with van der Waals surface area (Å²) in [4.78, 5) is 41.1. The molecule has 0 aliphatic carbocycles. The summed E-state index contributed by atoms with van der Waals surface area (Å²) in [5.41, 5.74) is 1.76. The Morgan fingerprint density at radius 3 is 2.23 bits per heavy atom. The second kappa shape index (κ2) is 13.1. The summed E-state index contributed by atoms with van der Waals surface area (Å²) in [6.07, 6.45) is 0.948. The maximum absolute atomic E-state index is 13.8. The molecule has 0 saturated heterocycles. The number of ether oxygens (including phenoxy) is 1. The van der Waals surface area contributed by atoms with Crippen LogP contribution in [-0.4, -0.2) is 47.0 Å². The molecule has 1 aromatic carbocycles. The quantitative estimate of drug-likeness (QED) is 0.471. The summed E-state index contributed by atoms with van der Waals surface area (Å²) in [6, 6.07) is 5.58. The van der Waals surface area contributed by atoms with E-state index in [0.717, 1.165) is 24.0 Å². The van der Waals surface area contributed by atoms with Gasteiger partial charge in [-0.1, -0.05) is 51.0 Å². The van der Waals surface area contributed by atoms with E-state index in [1.54, 1.807) is 34.6 Å². The third-order valence-corrected chi connectivity index (χ3v) is 5.52. The van der Waals surface area contributed by atoms with Gasteiger partial charge in [-0.3, -0.25) is 9.59 Å². The lowest BCUT2D eigenvalue weighted by Gasteiger charge is -2.35. The molecule has 35 heavy (non-hydrogen) atoms. The fourth-order valence-electron chi connectivity index (χ4n) is 3.91. The number of carbonyl (C=O) groups is 3. The smallest absolute Gasteiger partial charge is 0.408 e. The fourth-order valence-corrected chi connectivity index (χ4v) is 3.91. The number of carbonyl (C=O) groups excluding carboxylic acids is 3. The first-order valence-corrected chi connectivity index (χ1v) is 12.3. The molecule has 3 atom stereocenters. The van der Waals surface area contributed by atoms with Gasteiger partial charge in [0.2, 0.25) is 11.8 Å². The number of nitrogens with one attached hydrogen (secondary N) is 2. The van der Waals surface area contributed by atoms with E-state index in [-0.39, 0.29) is 24.4 Å². The van der Waals surface area contributed by atoms with Crippen molar-refractivity contribution < 1.29 is 19.1 Å². The highest BCUT2D eigenvalue weighted by atomic mass is 16.6. The number of rotatable bonds is 10. The third kappa shape index (κ3) is 9.23. The Hall–Kier alpha value is -3.08. The van der Waals surface area contributed by atoms with Crippen molar-refractivity contribution in [3.8, 4) is 6.07 Å². The lowest BCUT2D eigenvalue weighted by molar-refractivity contribution is -0.142. The number of nitrogens with zero attached hydrogens (tertiary/aromatic N) is 2. The van der Waals surface area contributed by atoms with Gasteiger partial charge in [0.25, 0.3) is 0 Å². The molecule has 1 rings (SSSR count). The molecule has 0 saturated carbocycles. The van der Waals surface area contributed by atoms with Crippen LogP contribution in [0.25, 0.3) is 0 Å². The molecule has 1 aromatic rings. The maximum Gasteiger partial charge on any atom is 0.408 e. The zero-order valence-corrected chi connectivity index (χ0v) is 22.7. The summed E-state index contributed by atoms with van der Waals surface area (Å²) in [6.45, 7) is 16.3. The van der Waals surface area contributed by atoms with Crippen LogP contribution in [0.2, 0.25) is 0 Å². The second-order valence-corrected chi connectivity index (χ2v) is 10.5. The van der Waals surface area contributed by atoms with E-state index in [2.05, 4.69) is 10.6 Å². The highest BCUT2D eigenvalue weighted by Crippen LogP contribution is 2.27. The van der Waals surface area contributed by atoms with Crippen molar-refractivity contribution in [2.45, 2.75) is 98.9 Å². The molecular weight excluding hydrogens is 444 g/mol. The van der Waals surface area contributed by atoms with Crippen molar-refractivity contribution in [3.05, 3.63) is 34.9 Å². The Labute approximate surface area is 210 Å². The van der Waals surface area contributed by atoms with E-state index in [4.69, 9.17) is 4.74 Å². The molecule has 3 unspecified atom stereocenters. The largest absolute Gasteiger partial charge is 0.444 e. The van der Waals surface area contributed by atoms with E-state index in [9.17, 15) is 19.6 Å². The van der Waals surface area contributed by atoms with E-state index >= 15 is 0 Å². The highest BCUT2D eigenvalue weighted by molar-refractivity contribution is 5.92. The molecule has 8 nitrogen and oxygen atoms in total. The molecular formula is C27H42N4O4. The van der Waals surface area contributed by atoms with Crippen molar-refractivity contribution in [2.24, 2.45) is 5.92 Å². The zero-order valence-electron chi connectivity index (χ0n) is 22.7. The summed E-state index contributed by atoms with van der Waals surface area (Å²) in [5.74, 6) is -1.19. The lowest BCUT2D eigenvalue weighted by Crippen LogP contribution is -2.55. The van der Waals surface area contributed by atoms with Crippen molar-refractivity contribution in [3.63, 3.8) is 0 Å². The molecule has 0 aliphatic rings. The summed E-state index contributed by atoms with van der Waals surface area (Å²) in [7, 11) is 0. The zero-order chi connectivity index (χ0) is 26.9. The number of benzene rings is 1. The van der Waals surface area contributed by atoms with Crippen molar-refractivity contribution in [1.29, 1.82) is 5.26 Å². The first-order chi connectivity index (χ1) is 16.2. The Morgan fingerprint density at radius 2 is 1.74 bits per heavy atom. The van der Waals surface area contributed by atoms with E-state index in [1.807, 2.05) is 52.0 Å². The van der Waals surface area contributed by atoms with Crippen LogP contribution >= 0.6 is 0 Å². The molecule has 0 radical (unpaired) electrons. The van der Waals surface area contributed by atoms with Crippen LogP contribution in [-0.2, 0) is 14.3 Å². The fraction of sp³-hybridized carbons (Fsp3) is 0.630. The Balaban J connectivity index is 3.49. The molecule has 0 spiro atoms. The lowest BCUT2D eigenvalue weighted by atomic mass is 9.95. The standard InChI is InChI=1S/C27H42N4O4/c1-10-11-20(6)29-24(32)23(21-13-12-18(4)16-19(21)5)31(15-14-28)25(33)22(17(2)3)30-26(34)35-27(7,8)9/h12-13,16-17,20,22-23H,10-11,15H2,1-9H3,(H,29,32)(H,30,34). The van der Waals surface area contributed by atoms with Gasteiger partial charge >= 0.3 is 6.09 Å². The van der Waals surface area contributed by atoms with Gasteiger partial charge < -0.3 is 20.3 Å². The first kappa shape index (κ1) is 30.0. The van der Waals surface area contributed by atoms with Gasteiger partial charge in [-0.05, 0) is 65.0 Å². The van der Waals surface area contributed by atoms with Crippen LogP contribution in [0.1, 0.15) is 84.0 Å². The number of hydrogen-bond acceptors (Lipinski definition) is 5. The molecule has 0 aromatic heterocycles. The summed E-state index contributed by atoms with van der Waals surface area (Å²) in [5, 5.41) is 15.3. The minimum atomic E-state index is -1.02. The van der Waals surface area contributed by atoms with E-state index in [0.29, 0.717) is 5.56 Å². The van der Waals surface area contributed by atoms with Crippen LogP contribution in [0.4, 0.5) is 4.79 Å². The molecule has 2 N–H and O–H groups in total. The summed E-state index contributed by atoms with van der Waals surface area (Å²) >= 11 is 0. The Morgan fingerprint density at radius 1 is 1.11 bits per heavy atom. The van der Waals surface area contributed by atoms with Crippen LogP contribution in [0.5, 0.6) is 0 Å². The van der Waals surface area contributed by atoms with Gasteiger partial charge in [0.05, 0.1) is 6.07 Å². The molecule has 0 fully saturated rings. The average molecular weight is 487 g/mol. The molecule has 0 heterocycles. The van der Waals surface area contributed by atoms with Gasteiger partial charge in [0.15, 0.2) is 0 Å². The maximum atomic E-state index is 13.8. The predicted octanol–water partition coefficient (Wildman–Crippen LogP) is 4.55. The minimum Gasteiger partial charge on any atom is -0.444 e. The number of nitriles is 1. The number of aryl methyl sites for hydroxylation is 2. The second-order valence-electron chi connectivity index (χ2n) is 10.5. The summed E-state index contributed by atoms with van der Waals surface area (Å²) < 4.78 is 5.35. The van der Waals surface area contributed by atoms with Crippen LogP contribution in [0, 0.1) is 31.1 Å². The van der Waals surface area contributed by atoms with Crippen molar-refractivity contribution in [1.82, 2.24) is 15.5 Å². The van der Waals surface area contributed by atoms with Crippen molar-refractivity contribution in [2.75, 3.05) is 6.54 Å². The molecule has 194 valence electrons. The van der Waals surface area contributed by atoms with Crippen LogP contribution < -0.4 is 10.6 Å². The topological polar surface area (TPSA) is 112 Å². The third-order valence-electron chi connectivity index (χ3n) is 5.52. The molecule has 0 bridgehead atoms. The Bertz CT molecular complexity index is 930. The van der Waals surface area contributed by atoms with Gasteiger partial charge in [0.1, 0.15) is 24.2 Å². The Kier molecular flexibility index (Phi) is 11.2. The average Bonchev–Trinajstić information content (AvgIpc) is 2.71. The van der Waals surface area contributed by atoms with Gasteiger partial charge in [0, 0.05) is 6.04 Å². The van der Waals surface area contributed by atoms with Gasteiger partial charge in [-0.15, -0.1) is 0 Å².